The number of alkyl halides is 1. The Balaban J connectivity index is 4.40. The Labute approximate surface area is 122 Å². The molecule has 20 heavy (non-hydrogen) atoms. The molecule has 0 N–H and O–H groups in total. The summed E-state index contributed by atoms with van der Waals surface area (Å²) in [6.45, 7) is 3.66. The van der Waals surface area contributed by atoms with Crippen LogP contribution < -0.4 is 0 Å². The molecule has 0 aliphatic heterocycles. The lowest BCUT2D eigenvalue weighted by Gasteiger charge is -2.16. The molecule has 0 amide bonds. The highest BCUT2D eigenvalue weighted by Crippen LogP contribution is 2.09. The maximum Gasteiger partial charge on any atom is 0.508 e. The largest absolute Gasteiger partial charge is 0.508 e. The van der Waals surface area contributed by atoms with Crippen LogP contribution in [0.5, 0.6) is 0 Å². The average Bonchev–Trinajstić information content (AvgIpc) is 2.36. The summed E-state index contributed by atoms with van der Waals surface area (Å²) in [6, 6.07) is 0. The predicted molar refractivity (Wildman–Crippen MR) is 69.4 cm³/mol. The van der Waals surface area contributed by atoms with E-state index in [1.807, 2.05) is 0 Å². The van der Waals surface area contributed by atoms with Crippen LogP contribution in [0.2, 0.25) is 0 Å². The first-order chi connectivity index (χ1) is 9.53. The highest BCUT2D eigenvalue weighted by Gasteiger charge is 2.23. The zero-order valence-corrected chi connectivity index (χ0v) is 12.3. The van der Waals surface area contributed by atoms with Crippen molar-refractivity contribution >= 4 is 29.7 Å². The second-order valence-electron chi connectivity index (χ2n) is 3.55. The van der Waals surface area contributed by atoms with E-state index in [9.17, 15) is 14.4 Å². The van der Waals surface area contributed by atoms with Crippen molar-refractivity contribution in [2.24, 2.45) is 0 Å². The van der Waals surface area contributed by atoms with E-state index in [2.05, 4.69) is 4.74 Å². The Bertz CT molecular complexity index is 299. The Hall–Kier alpha value is -1.50. The fourth-order valence-electron chi connectivity index (χ4n) is 1.26. The van der Waals surface area contributed by atoms with Crippen LogP contribution in [-0.2, 0) is 28.5 Å². The molecular weight excluding hydrogens is 292 g/mol. The monoisotopic (exact) mass is 310 g/mol. The van der Waals surface area contributed by atoms with Crippen molar-refractivity contribution in [3.63, 3.8) is 0 Å². The number of hydrogen-bond donors (Lipinski definition) is 0. The summed E-state index contributed by atoms with van der Waals surface area (Å²) < 4.78 is 18.9. The molecule has 0 saturated heterocycles. The second kappa shape index (κ2) is 11.3. The minimum absolute atomic E-state index is 0.0219. The van der Waals surface area contributed by atoms with Gasteiger partial charge in [0.2, 0.25) is 0 Å². The molecule has 0 aromatic carbocycles. The number of esters is 2. The lowest BCUT2D eigenvalue weighted by atomic mass is 10.2. The molecule has 0 bridgehead atoms. The number of rotatable bonds is 9. The summed E-state index contributed by atoms with van der Waals surface area (Å²) in [5, 5.41) is 0. The minimum Gasteiger partial charge on any atom is -0.466 e. The van der Waals surface area contributed by atoms with E-state index >= 15 is 0 Å². The first-order valence-corrected chi connectivity index (χ1v) is 6.77. The van der Waals surface area contributed by atoms with Gasteiger partial charge in [-0.05, 0) is 13.8 Å². The molecule has 0 aliphatic carbocycles. The van der Waals surface area contributed by atoms with Crippen molar-refractivity contribution in [3.05, 3.63) is 0 Å². The molecule has 0 aliphatic rings. The van der Waals surface area contributed by atoms with Gasteiger partial charge in [0, 0.05) is 0 Å². The zero-order valence-electron chi connectivity index (χ0n) is 11.6. The van der Waals surface area contributed by atoms with Crippen molar-refractivity contribution < 1.29 is 33.3 Å². The standard InChI is InChI=1S/C12H19ClO7/c1-3-17-10(14)7-9(8-11(15)18-4-2)20-12(16)19-6-5-13/h9H,3-8H2,1-2H3. The Morgan fingerprint density at radius 2 is 1.45 bits per heavy atom. The molecule has 7 nitrogen and oxygen atoms in total. The van der Waals surface area contributed by atoms with Gasteiger partial charge in [0.05, 0.1) is 31.9 Å². The number of hydrogen-bond acceptors (Lipinski definition) is 7. The van der Waals surface area contributed by atoms with Crippen LogP contribution in [-0.4, -0.2) is 49.9 Å². The van der Waals surface area contributed by atoms with Gasteiger partial charge in [0.15, 0.2) is 0 Å². The van der Waals surface area contributed by atoms with E-state index in [1.165, 1.54) is 0 Å². The van der Waals surface area contributed by atoms with Crippen LogP contribution in [0.4, 0.5) is 4.79 Å². The molecule has 0 saturated carbocycles. The summed E-state index contributed by atoms with van der Waals surface area (Å²) in [6.07, 6.45) is -2.48. The highest BCUT2D eigenvalue weighted by atomic mass is 35.5. The van der Waals surface area contributed by atoms with Crippen molar-refractivity contribution in [2.45, 2.75) is 32.8 Å². The van der Waals surface area contributed by atoms with Gasteiger partial charge >= 0.3 is 18.1 Å². The summed E-state index contributed by atoms with van der Waals surface area (Å²) in [5.74, 6) is -1.03. The van der Waals surface area contributed by atoms with Crippen LogP contribution in [0.25, 0.3) is 0 Å². The first-order valence-electron chi connectivity index (χ1n) is 6.24. The van der Waals surface area contributed by atoms with Crippen molar-refractivity contribution in [1.29, 1.82) is 0 Å². The molecule has 0 unspecified atom stereocenters. The second-order valence-corrected chi connectivity index (χ2v) is 3.92. The molecule has 0 heterocycles. The lowest BCUT2D eigenvalue weighted by molar-refractivity contribution is -0.149. The zero-order chi connectivity index (χ0) is 15.4. The van der Waals surface area contributed by atoms with Gasteiger partial charge in [-0.3, -0.25) is 9.59 Å². The molecule has 116 valence electrons. The Kier molecular flexibility index (Phi) is 10.5. The number of carbonyl (C=O) groups excluding carboxylic acids is 3. The van der Waals surface area contributed by atoms with E-state index in [0.717, 1.165) is 0 Å². The van der Waals surface area contributed by atoms with Gasteiger partial charge in [-0.1, -0.05) is 0 Å². The SMILES string of the molecule is CCOC(=O)CC(CC(=O)OCC)OC(=O)OCCCl. The average molecular weight is 311 g/mol. The van der Waals surface area contributed by atoms with Crippen molar-refractivity contribution in [1.82, 2.24) is 0 Å². The van der Waals surface area contributed by atoms with E-state index in [0.29, 0.717) is 0 Å². The van der Waals surface area contributed by atoms with Crippen molar-refractivity contribution in [3.8, 4) is 0 Å². The number of carbonyl (C=O) groups is 3. The molecule has 0 spiro atoms. The Morgan fingerprint density at radius 1 is 0.950 bits per heavy atom. The fraction of sp³-hybridized carbons (Fsp3) is 0.750. The molecule has 0 radical (unpaired) electrons. The third-order valence-corrected chi connectivity index (χ3v) is 2.11. The van der Waals surface area contributed by atoms with Gasteiger partial charge < -0.3 is 18.9 Å². The van der Waals surface area contributed by atoms with Crippen LogP contribution >= 0.6 is 11.6 Å². The summed E-state index contributed by atoms with van der Waals surface area (Å²) in [5.41, 5.74) is 0. The molecular formula is C12H19ClO7. The summed E-state index contributed by atoms with van der Waals surface area (Å²) >= 11 is 5.35. The molecule has 0 rings (SSSR count). The molecule has 0 aromatic heterocycles. The van der Waals surface area contributed by atoms with Crippen LogP contribution in [0.3, 0.4) is 0 Å². The molecule has 8 heteroatoms. The molecule has 0 aromatic rings. The molecule has 0 fully saturated rings. The number of halogens is 1. The first kappa shape index (κ1) is 18.5. The topological polar surface area (TPSA) is 88.1 Å². The maximum atomic E-state index is 11.4. The van der Waals surface area contributed by atoms with E-state index < -0.39 is 24.2 Å². The lowest BCUT2D eigenvalue weighted by Crippen LogP contribution is -2.27. The number of ether oxygens (including phenoxy) is 4. The quantitative estimate of drug-likeness (QED) is 0.363. The van der Waals surface area contributed by atoms with Crippen LogP contribution in [0.1, 0.15) is 26.7 Å². The third kappa shape index (κ3) is 9.43. The smallest absolute Gasteiger partial charge is 0.466 e. The maximum absolute atomic E-state index is 11.4. The minimum atomic E-state index is -0.996. The van der Waals surface area contributed by atoms with E-state index in [1.54, 1.807) is 13.8 Å². The van der Waals surface area contributed by atoms with E-state index in [4.69, 9.17) is 25.8 Å². The van der Waals surface area contributed by atoms with Crippen LogP contribution in [0, 0.1) is 0 Å². The van der Waals surface area contributed by atoms with Gasteiger partial charge in [-0.2, -0.15) is 0 Å². The Morgan fingerprint density at radius 3 is 1.85 bits per heavy atom. The van der Waals surface area contributed by atoms with Gasteiger partial charge in [0.1, 0.15) is 12.7 Å². The van der Waals surface area contributed by atoms with Gasteiger partial charge in [0.25, 0.3) is 0 Å². The normalized spacial score (nSPS) is 10.0. The van der Waals surface area contributed by atoms with E-state index in [-0.39, 0.29) is 38.5 Å². The highest BCUT2D eigenvalue weighted by molar-refractivity contribution is 6.18. The third-order valence-electron chi connectivity index (χ3n) is 1.96. The van der Waals surface area contributed by atoms with Gasteiger partial charge in [-0.15, -0.1) is 11.6 Å². The summed E-state index contributed by atoms with van der Waals surface area (Å²) in [4.78, 5) is 34.0. The van der Waals surface area contributed by atoms with Crippen molar-refractivity contribution in [2.75, 3.05) is 25.7 Å². The predicted octanol–water partition coefficient (Wildman–Crippen LogP) is 1.65. The van der Waals surface area contributed by atoms with Crippen LogP contribution in [0.15, 0.2) is 0 Å². The van der Waals surface area contributed by atoms with Gasteiger partial charge in [-0.25, -0.2) is 4.79 Å². The summed E-state index contributed by atoms with van der Waals surface area (Å²) in [7, 11) is 0. The fourth-order valence-corrected chi connectivity index (χ4v) is 1.34. The molecule has 0 atom stereocenters.